The van der Waals surface area contributed by atoms with Crippen molar-refractivity contribution in [3.8, 4) is 11.7 Å². The van der Waals surface area contributed by atoms with Crippen molar-refractivity contribution >= 4 is 5.91 Å². The van der Waals surface area contributed by atoms with Crippen LogP contribution in [-0.2, 0) is 11.2 Å². The summed E-state index contributed by atoms with van der Waals surface area (Å²) in [6.45, 7) is 7.49. The standard InChI is InChI=1S/C22H26N4O3/c1-14(2)21-23-9-6-17(24-21)16-7-10-26(11-8-16)20(27)13-18-15(3)29-22(25-18)19-5-4-12-28-19/h4-6,9,12,14,16H,7-8,10-11,13H2,1-3H3. The molecule has 29 heavy (non-hydrogen) atoms. The average Bonchev–Trinajstić information content (AvgIpc) is 3.38. The number of hydrogen-bond acceptors (Lipinski definition) is 6. The maximum absolute atomic E-state index is 12.8. The molecule has 0 saturated carbocycles. The number of hydrogen-bond donors (Lipinski definition) is 0. The van der Waals surface area contributed by atoms with Crippen LogP contribution in [0.25, 0.3) is 11.7 Å². The molecule has 7 heteroatoms. The Balaban J connectivity index is 1.37. The highest BCUT2D eigenvalue weighted by Crippen LogP contribution is 2.28. The number of amides is 1. The number of aryl methyl sites for hydroxylation is 1. The second kappa shape index (κ2) is 8.19. The Labute approximate surface area is 170 Å². The first-order valence-corrected chi connectivity index (χ1v) is 10.1. The Hall–Kier alpha value is -2.96. The molecule has 1 saturated heterocycles. The lowest BCUT2D eigenvalue weighted by Crippen LogP contribution is -2.39. The van der Waals surface area contributed by atoms with Crippen LogP contribution in [-0.4, -0.2) is 38.8 Å². The second-order valence-electron chi connectivity index (χ2n) is 7.83. The molecule has 0 spiro atoms. The van der Waals surface area contributed by atoms with E-state index in [2.05, 4.69) is 23.8 Å². The van der Waals surface area contributed by atoms with Crippen LogP contribution >= 0.6 is 0 Å². The number of carbonyl (C=O) groups is 1. The lowest BCUT2D eigenvalue weighted by molar-refractivity contribution is -0.131. The Kier molecular flexibility index (Phi) is 5.47. The summed E-state index contributed by atoms with van der Waals surface area (Å²) in [5.41, 5.74) is 1.76. The Morgan fingerprint density at radius 1 is 1.24 bits per heavy atom. The zero-order valence-electron chi connectivity index (χ0n) is 17.1. The Morgan fingerprint density at radius 3 is 2.72 bits per heavy atom. The number of piperidine rings is 1. The zero-order valence-corrected chi connectivity index (χ0v) is 17.1. The molecular weight excluding hydrogens is 368 g/mol. The van der Waals surface area contributed by atoms with Gasteiger partial charge in [-0.3, -0.25) is 4.79 Å². The number of oxazole rings is 1. The third-order valence-corrected chi connectivity index (χ3v) is 5.42. The fourth-order valence-electron chi connectivity index (χ4n) is 3.67. The summed E-state index contributed by atoms with van der Waals surface area (Å²) in [5.74, 6) is 3.29. The lowest BCUT2D eigenvalue weighted by atomic mass is 9.93. The number of aromatic nitrogens is 3. The summed E-state index contributed by atoms with van der Waals surface area (Å²) in [5, 5.41) is 0. The highest BCUT2D eigenvalue weighted by atomic mass is 16.4. The van der Waals surface area contributed by atoms with Gasteiger partial charge in [0.1, 0.15) is 11.6 Å². The van der Waals surface area contributed by atoms with E-state index >= 15 is 0 Å². The van der Waals surface area contributed by atoms with Crippen molar-refractivity contribution in [3.05, 3.63) is 53.6 Å². The molecule has 4 rings (SSSR count). The summed E-state index contributed by atoms with van der Waals surface area (Å²) in [4.78, 5) is 28.2. The number of nitrogens with zero attached hydrogens (tertiary/aromatic N) is 4. The molecule has 0 radical (unpaired) electrons. The van der Waals surface area contributed by atoms with Crippen LogP contribution < -0.4 is 0 Å². The minimum atomic E-state index is 0.0800. The summed E-state index contributed by atoms with van der Waals surface area (Å²) in [6.07, 6.45) is 5.49. The molecule has 3 aromatic heterocycles. The highest BCUT2D eigenvalue weighted by Gasteiger charge is 2.26. The van der Waals surface area contributed by atoms with Crippen molar-refractivity contribution < 1.29 is 13.6 Å². The number of furan rings is 1. The minimum absolute atomic E-state index is 0.0800. The maximum Gasteiger partial charge on any atom is 0.263 e. The monoisotopic (exact) mass is 394 g/mol. The van der Waals surface area contributed by atoms with Gasteiger partial charge in [-0.25, -0.2) is 15.0 Å². The zero-order chi connectivity index (χ0) is 20.4. The lowest BCUT2D eigenvalue weighted by Gasteiger charge is -2.31. The van der Waals surface area contributed by atoms with Gasteiger partial charge in [0, 0.05) is 36.8 Å². The molecule has 152 valence electrons. The van der Waals surface area contributed by atoms with E-state index in [1.54, 1.807) is 18.4 Å². The molecule has 1 aliphatic rings. The van der Waals surface area contributed by atoms with Gasteiger partial charge in [0.25, 0.3) is 5.89 Å². The molecule has 3 aromatic rings. The van der Waals surface area contributed by atoms with E-state index in [-0.39, 0.29) is 12.3 Å². The minimum Gasteiger partial charge on any atom is -0.459 e. The first kappa shape index (κ1) is 19.4. The van der Waals surface area contributed by atoms with E-state index in [0.717, 1.165) is 37.4 Å². The number of likely N-dealkylation sites (tertiary alicyclic amines) is 1. The normalized spacial score (nSPS) is 15.2. The first-order chi connectivity index (χ1) is 14.0. The van der Waals surface area contributed by atoms with Crippen LogP contribution in [0.4, 0.5) is 0 Å². The third kappa shape index (κ3) is 4.23. The van der Waals surface area contributed by atoms with Gasteiger partial charge < -0.3 is 13.7 Å². The largest absolute Gasteiger partial charge is 0.459 e. The number of rotatable bonds is 5. The smallest absolute Gasteiger partial charge is 0.263 e. The Bertz CT molecular complexity index is 970. The van der Waals surface area contributed by atoms with Gasteiger partial charge in [-0.1, -0.05) is 13.8 Å². The van der Waals surface area contributed by atoms with Gasteiger partial charge >= 0.3 is 0 Å². The molecule has 4 heterocycles. The molecule has 1 fully saturated rings. The van der Waals surface area contributed by atoms with Crippen molar-refractivity contribution in [1.29, 1.82) is 0 Å². The van der Waals surface area contributed by atoms with Gasteiger partial charge in [-0.2, -0.15) is 0 Å². The van der Waals surface area contributed by atoms with Crippen LogP contribution in [0, 0.1) is 6.92 Å². The summed E-state index contributed by atoms with van der Waals surface area (Å²) in [6, 6.07) is 5.58. The molecule has 0 aromatic carbocycles. The van der Waals surface area contributed by atoms with Crippen LogP contribution in [0.15, 0.2) is 39.5 Å². The first-order valence-electron chi connectivity index (χ1n) is 10.1. The van der Waals surface area contributed by atoms with E-state index < -0.39 is 0 Å². The predicted molar refractivity (Wildman–Crippen MR) is 107 cm³/mol. The number of carbonyl (C=O) groups excluding carboxylic acids is 1. The summed E-state index contributed by atoms with van der Waals surface area (Å²) in [7, 11) is 0. The molecule has 0 aliphatic carbocycles. The molecule has 1 amide bonds. The van der Waals surface area contributed by atoms with E-state index in [4.69, 9.17) is 13.8 Å². The highest BCUT2D eigenvalue weighted by molar-refractivity contribution is 5.78. The predicted octanol–water partition coefficient (Wildman–Crippen LogP) is 4.11. The van der Waals surface area contributed by atoms with Crippen molar-refractivity contribution in [2.45, 2.75) is 51.9 Å². The van der Waals surface area contributed by atoms with Gasteiger partial charge in [0.15, 0.2) is 5.76 Å². The molecule has 0 N–H and O–H groups in total. The van der Waals surface area contributed by atoms with E-state index in [1.807, 2.05) is 24.1 Å². The quantitative estimate of drug-likeness (QED) is 0.647. The molecule has 7 nitrogen and oxygen atoms in total. The SMILES string of the molecule is Cc1oc(-c2ccco2)nc1CC(=O)N1CCC(c2ccnc(C(C)C)n2)CC1. The fraction of sp³-hybridized carbons (Fsp3) is 0.455. The average molecular weight is 394 g/mol. The topological polar surface area (TPSA) is 85.3 Å². The second-order valence-corrected chi connectivity index (χ2v) is 7.83. The van der Waals surface area contributed by atoms with Crippen molar-refractivity contribution in [2.24, 2.45) is 0 Å². The van der Waals surface area contributed by atoms with Crippen LogP contribution in [0.1, 0.15) is 61.5 Å². The van der Waals surface area contributed by atoms with Gasteiger partial charge in [-0.05, 0) is 38.0 Å². The summed E-state index contributed by atoms with van der Waals surface area (Å²) >= 11 is 0. The van der Waals surface area contributed by atoms with Crippen LogP contribution in [0.5, 0.6) is 0 Å². The van der Waals surface area contributed by atoms with Gasteiger partial charge in [0.2, 0.25) is 5.91 Å². The van der Waals surface area contributed by atoms with Crippen molar-refractivity contribution in [3.63, 3.8) is 0 Å². The van der Waals surface area contributed by atoms with Gasteiger partial charge in [0.05, 0.1) is 18.4 Å². The molecule has 0 unspecified atom stereocenters. The van der Waals surface area contributed by atoms with E-state index in [0.29, 0.717) is 34.9 Å². The third-order valence-electron chi connectivity index (χ3n) is 5.42. The summed E-state index contributed by atoms with van der Waals surface area (Å²) < 4.78 is 11.0. The van der Waals surface area contributed by atoms with Crippen molar-refractivity contribution in [1.82, 2.24) is 19.9 Å². The Morgan fingerprint density at radius 2 is 2.03 bits per heavy atom. The van der Waals surface area contributed by atoms with Crippen molar-refractivity contribution in [2.75, 3.05) is 13.1 Å². The van der Waals surface area contributed by atoms with Crippen LogP contribution in [0.3, 0.4) is 0 Å². The molecule has 1 aliphatic heterocycles. The van der Waals surface area contributed by atoms with E-state index in [1.165, 1.54) is 0 Å². The van der Waals surface area contributed by atoms with E-state index in [9.17, 15) is 4.79 Å². The molecule has 0 bridgehead atoms. The van der Waals surface area contributed by atoms with Crippen LogP contribution in [0.2, 0.25) is 0 Å². The maximum atomic E-state index is 12.8. The molecule has 0 atom stereocenters. The fourth-order valence-corrected chi connectivity index (χ4v) is 3.67. The molecular formula is C22H26N4O3. The van der Waals surface area contributed by atoms with Gasteiger partial charge in [-0.15, -0.1) is 0 Å².